The van der Waals surface area contributed by atoms with E-state index in [9.17, 15) is 18.4 Å². The lowest BCUT2D eigenvalue weighted by Gasteiger charge is -2.35. The van der Waals surface area contributed by atoms with Crippen molar-refractivity contribution < 1.29 is 37.0 Å². The summed E-state index contributed by atoms with van der Waals surface area (Å²) in [4.78, 5) is 52.9. The lowest BCUT2D eigenvalue weighted by molar-refractivity contribution is -0.135. The number of aliphatic imine (C=N–C) groups is 1. The van der Waals surface area contributed by atoms with Gasteiger partial charge in [-0.3, -0.25) is 20.0 Å². The van der Waals surface area contributed by atoms with Crippen LogP contribution in [0, 0.1) is 18.2 Å². The summed E-state index contributed by atoms with van der Waals surface area (Å²) in [5.41, 5.74) is 0.672. The number of nitrogens with one attached hydrogen (secondary N) is 2. The van der Waals surface area contributed by atoms with Gasteiger partial charge < -0.3 is 14.8 Å². The van der Waals surface area contributed by atoms with Crippen LogP contribution in [0.5, 0.6) is 0 Å². The molecule has 312 valence electrons. The van der Waals surface area contributed by atoms with Gasteiger partial charge in [0, 0.05) is 40.1 Å². The van der Waals surface area contributed by atoms with E-state index in [1.165, 1.54) is 23.2 Å². The third kappa shape index (κ3) is 9.31. The number of guanidine groups is 1. The number of ether oxygens (including phenoxy) is 2. The van der Waals surface area contributed by atoms with Crippen LogP contribution in [0.2, 0.25) is 5.02 Å². The van der Waals surface area contributed by atoms with Gasteiger partial charge in [-0.2, -0.15) is 13.9 Å². The minimum absolute atomic E-state index is 0.0353. The third-order valence-electron chi connectivity index (χ3n) is 10.1. The van der Waals surface area contributed by atoms with Gasteiger partial charge in [0.15, 0.2) is 5.54 Å². The highest BCUT2D eigenvalue weighted by atomic mass is 35.5. The molecule has 3 aromatic carbocycles. The molecule has 1 aliphatic carbocycles. The van der Waals surface area contributed by atoms with E-state index < -0.39 is 54.1 Å². The van der Waals surface area contributed by atoms with Crippen LogP contribution >= 0.6 is 11.6 Å². The zero-order valence-electron chi connectivity index (χ0n) is 33.3. The monoisotopic (exact) mass is 841 g/mol. The first-order valence-electron chi connectivity index (χ1n) is 19.3. The van der Waals surface area contributed by atoms with Crippen LogP contribution < -0.4 is 10.6 Å². The number of aromatic nitrogens is 3. The number of alkyl halides is 2. The van der Waals surface area contributed by atoms with E-state index in [0.717, 1.165) is 30.7 Å². The Bertz CT molecular complexity index is 2440. The summed E-state index contributed by atoms with van der Waals surface area (Å²) in [7, 11) is 0. The highest BCUT2D eigenvalue weighted by Crippen LogP contribution is 2.47. The second-order valence-electron chi connectivity index (χ2n) is 16.0. The highest BCUT2D eigenvalue weighted by Gasteiger charge is 2.55. The molecule has 16 heteroatoms. The lowest BCUT2D eigenvalue weighted by atomic mass is 9.75. The molecule has 3 heterocycles. The molecule has 0 unspecified atom stereocenters. The summed E-state index contributed by atoms with van der Waals surface area (Å²) < 4.78 is 55.3. The first-order valence-corrected chi connectivity index (χ1v) is 19.7. The molecule has 1 saturated carbocycles. The van der Waals surface area contributed by atoms with Crippen LogP contribution in [0.1, 0.15) is 74.9 Å². The molecule has 7 rings (SSSR count). The standard InChI is InChI=1S/C44H43ClF3N7O5/c1-26-9-8-18-49-37(26)32-19-29(13-17-34(32)45)36(24-60-41(57)51-31-14-15-31)55-38(56)44(25-43(2,3)4,53-40(55)52-42(58)59-23-27-10-6-5-7-11-27)33-16-12-28(20-35(33)46)30-21-50-54(22-30)39(47)48/h5-13,16-22,31,36,39H,14-15,23-25H2,1-4H3,(H,51,57)(H,52,53,58)/t36-,44-/m1/s1. The Kier molecular flexibility index (Phi) is 12.0. The first-order chi connectivity index (χ1) is 28.6. The minimum Gasteiger partial charge on any atom is -0.447 e. The van der Waals surface area contributed by atoms with Crippen molar-refractivity contribution in [2.45, 2.75) is 77.7 Å². The Morgan fingerprint density at radius 3 is 2.42 bits per heavy atom. The average molecular weight is 842 g/mol. The molecule has 0 bridgehead atoms. The van der Waals surface area contributed by atoms with E-state index >= 15 is 9.18 Å². The average Bonchev–Trinajstić information content (AvgIpc) is 3.79. The summed E-state index contributed by atoms with van der Waals surface area (Å²) in [6, 6.07) is 20.4. The van der Waals surface area contributed by atoms with Crippen molar-refractivity contribution in [1.29, 1.82) is 0 Å². The number of nitrogens with zero attached hydrogens (tertiary/aromatic N) is 5. The Labute approximate surface area is 349 Å². The Balaban J connectivity index is 1.36. The summed E-state index contributed by atoms with van der Waals surface area (Å²) in [5.74, 6) is -1.89. The van der Waals surface area contributed by atoms with Gasteiger partial charge >= 0.3 is 18.7 Å². The molecule has 2 aromatic heterocycles. The number of benzene rings is 3. The number of rotatable bonds is 12. The highest BCUT2D eigenvalue weighted by molar-refractivity contribution is 6.33. The molecular weight excluding hydrogens is 799 g/mol. The Morgan fingerprint density at radius 2 is 1.75 bits per heavy atom. The maximum Gasteiger partial charge on any atom is 0.414 e. The number of pyridine rings is 1. The number of carbonyl (C=O) groups is 3. The SMILES string of the molecule is Cc1cccnc1-c1cc([C@@H](COC(=O)NC2CC2)N2C(=O)[C@@](CC(C)(C)C)(c3ccc(-c4cnn(C(F)F)c4)cc3F)N=C2NC(=O)OCc2ccccc2)ccc1Cl. The van der Waals surface area contributed by atoms with Crippen molar-refractivity contribution in [3.8, 4) is 22.4 Å². The molecular formula is C44H43ClF3N7O5. The van der Waals surface area contributed by atoms with E-state index in [1.54, 1.807) is 54.7 Å². The first kappa shape index (κ1) is 41.9. The maximum absolute atomic E-state index is 16.8. The van der Waals surface area contributed by atoms with Crippen LogP contribution in [0.3, 0.4) is 0 Å². The van der Waals surface area contributed by atoms with Crippen molar-refractivity contribution in [2.75, 3.05) is 6.61 Å². The quantitative estimate of drug-likeness (QED) is 0.128. The summed E-state index contributed by atoms with van der Waals surface area (Å²) in [5, 5.41) is 9.47. The van der Waals surface area contributed by atoms with Crippen molar-refractivity contribution >= 4 is 35.7 Å². The van der Waals surface area contributed by atoms with Crippen molar-refractivity contribution in [3.63, 3.8) is 0 Å². The molecule has 60 heavy (non-hydrogen) atoms. The van der Waals surface area contributed by atoms with Crippen molar-refractivity contribution in [1.82, 2.24) is 30.3 Å². The number of aryl methyl sites for hydroxylation is 1. The normalized spacial score (nSPS) is 17.1. The topological polar surface area (TPSA) is 140 Å². The fourth-order valence-corrected chi connectivity index (χ4v) is 7.40. The lowest BCUT2D eigenvalue weighted by Crippen LogP contribution is -2.50. The zero-order valence-corrected chi connectivity index (χ0v) is 34.1. The molecule has 3 amide bonds. The summed E-state index contributed by atoms with van der Waals surface area (Å²) >= 11 is 6.76. The van der Waals surface area contributed by atoms with Crippen LogP contribution in [0.4, 0.5) is 22.8 Å². The van der Waals surface area contributed by atoms with Crippen molar-refractivity contribution in [2.24, 2.45) is 10.4 Å². The molecule has 1 aliphatic heterocycles. The smallest absolute Gasteiger partial charge is 0.414 e. The maximum atomic E-state index is 16.8. The van der Waals surface area contributed by atoms with Crippen LogP contribution in [0.15, 0.2) is 102 Å². The van der Waals surface area contributed by atoms with Gasteiger partial charge in [0.25, 0.3) is 5.91 Å². The van der Waals surface area contributed by atoms with E-state index in [1.807, 2.05) is 39.8 Å². The van der Waals surface area contributed by atoms with Gasteiger partial charge in [0.1, 0.15) is 19.0 Å². The van der Waals surface area contributed by atoms with Gasteiger partial charge in [-0.05, 0) is 78.1 Å². The predicted molar refractivity (Wildman–Crippen MR) is 218 cm³/mol. The van der Waals surface area contributed by atoms with Crippen molar-refractivity contribution in [3.05, 3.63) is 131 Å². The fourth-order valence-electron chi connectivity index (χ4n) is 7.19. The second-order valence-corrected chi connectivity index (χ2v) is 16.4. The van der Waals surface area contributed by atoms with E-state index in [-0.39, 0.29) is 41.7 Å². The zero-order chi connectivity index (χ0) is 42.8. The molecule has 0 spiro atoms. The fraction of sp³-hybridized carbons (Fsp3) is 0.318. The number of carbonyl (C=O) groups excluding carboxylic acids is 3. The van der Waals surface area contributed by atoms with Gasteiger partial charge in [-0.25, -0.2) is 23.7 Å². The molecule has 1 fully saturated rings. The van der Waals surface area contributed by atoms with Gasteiger partial charge in [0.05, 0.1) is 17.9 Å². The third-order valence-corrected chi connectivity index (χ3v) is 10.4. The molecule has 0 radical (unpaired) electrons. The van der Waals surface area contributed by atoms with Crippen LogP contribution in [-0.4, -0.2) is 56.4 Å². The van der Waals surface area contributed by atoms with Gasteiger partial charge in [-0.15, -0.1) is 0 Å². The second kappa shape index (κ2) is 17.2. The summed E-state index contributed by atoms with van der Waals surface area (Å²) in [6.45, 7) is 4.01. The van der Waals surface area contributed by atoms with E-state index in [2.05, 4.69) is 20.7 Å². The number of hydrogen-bond donors (Lipinski definition) is 2. The Morgan fingerprint density at radius 1 is 0.983 bits per heavy atom. The number of halogens is 4. The molecule has 12 nitrogen and oxygen atoms in total. The summed E-state index contributed by atoms with van der Waals surface area (Å²) in [6.07, 6.45) is 3.76. The number of amides is 3. The predicted octanol–water partition coefficient (Wildman–Crippen LogP) is 9.49. The number of hydrogen-bond acceptors (Lipinski definition) is 8. The van der Waals surface area contributed by atoms with Gasteiger partial charge in [-0.1, -0.05) is 87.0 Å². The molecule has 0 saturated heterocycles. The molecule has 2 N–H and O–H groups in total. The minimum atomic E-state index is -2.90. The number of alkyl carbamates (subject to hydrolysis) is 2. The largest absolute Gasteiger partial charge is 0.447 e. The van der Waals surface area contributed by atoms with E-state index in [4.69, 9.17) is 26.1 Å². The van der Waals surface area contributed by atoms with Crippen LogP contribution in [-0.2, 0) is 26.4 Å². The molecule has 2 atom stereocenters. The molecule has 5 aromatic rings. The van der Waals surface area contributed by atoms with Gasteiger partial charge in [0.2, 0.25) is 5.96 Å². The molecule has 2 aliphatic rings. The Hall–Kier alpha value is -6.22. The van der Waals surface area contributed by atoms with Crippen LogP contribution in [0.25, 0.3) is 22.4 Å². The van der Waals surface area contributed by atoms with E-state index in [0.29, 0.717) is 32.1 Å².